The van der Waals surface area contributed by atoms with Crippen molar-refractivity contribution in [2.45, 2.75) is 5.75 Å². The highest BCUT2D eigenvalue weighted by Gasteiger charge is 2.05. The Bertz CT molecular complexity index is 697. The Morgan fingerprint density at radius 3 is 2.90 bits per heavy atom. The van der Waals surface area contributed by atoms with E-state index in [0.29, 0.717) is 22.3 Å². The van der Waals surface area contributed by atoms with Crippen molar-refractivity contribution in [1.82, 2.24) is 4.98 Å². The molecule has 0 spiro atoms. The van der Waals surface area contributed by atoms with Crippen LogP contribution in [0.2, 0.25) is 5.02 Å². The molecule has 0 saturated carbocycles. The fourth-order valence-electron chi connectivity index (χ4n) is 1.70. The second kappa shape index (κ2) is 6.51. The number of anilines is 2. The van der Waals surface area contributed by atoms with E-state index in [9.17, 15) is 4.21 Å². The normalized spacial score (nSPS) is 11.7. The molecule has 1 N–H and O–H groups in total. The van der Waals surface area contributed by atoms with Gasteiger partial charge < -0.3 is 5.32 Å². The zero-order valence-corrected chi connectivity index (χ0v) is 12.3. The Morgan fingerprint density at radius 1 is 1.40 bits per heavy atom. The predicted octanol–water partition coefficient (Wildman–Crippen LogP) is 3.23. The van der Waals surface area contributed by atoms with Crippen LogP contribution in [0.5, 0.6) is 0 Å². The van der Waals surface area contributed by atoms with Gasteiger partial charge in [0, 0.05) is 33.5 Å². The van der Waals surface area contributed by atoms with E-state index in [1.54, 1.807) is 30.5 Å². The zero-order valence-electron chi connectivity index (χ0n) is 10.8. The molecule has 4 nitrogen and oxygen atoms in total. The first-order valence-electron chi connectivity index (χ1n) is 5.81. The number of nitrogens with one attached hydrogen (secondary N) is 1. The summed E-state index contributed by atoms with van der Waals surface area (Å²) in [6, 6.07) is 12.6. The van der Waals surface area contributed by atoms with Gasteiger partial charge in [0.05, 0.1) is 0 Å². The number of rotatable bonds is 4. The number of halogens is 1. The number of pyridine rings is 1. The molecule has 0 bridgehead atoms. The largest absolute Gasteiger partial charge is 0.340 e. The number of benzene rings is 1. The maximum Gasteiger partial charge on any atom is 0.142 e. The monoisotopic (exact) mass is 305 g/mol. The van der Waals surface area contributed by atoms with Gasteiger partial charge in [0.15, 0.2) is 0 Å². The maximum atomic E-state index is 11.3. The van der Waals surface area contributed by atoms with Crippen LogP contribution in [0.15, 0.2) is 36.4 Å². The van der Waals surface area contributed by atoms with Gasteiger partial charge in [0.1, 0.15) is 17.6 Å². The van der Waals surface area contributed by atoms with Gasteiger partial charge in [-0.1, -0.05) is 17.7 Å². The van der Waals surface area contributed by atoms with Crippen LogP contribution in [0.3, 0.4) is 0 Å². The minimum absolute atomic E-state index is 0.346. The maximum absolute atomic E-state index is 11.3. The van der Waals surface area contributed by atoms with Crippen molar-refractivity contribution in [3.05, 3.63) is 52.7 Å². The number of hydrogen-bond acceptors (Lipinski definition) is 4. The van der Waals surface area contributed by atoms with Crippen LogP contribution in [-0.4, -0.2) is 15.4 Å². The topological polar surface area (TPSA) is 65.8 Å². The lowest BCUT2D eigenvalue weighted by molar-refractivity contribution is 0.686. The number of aromatic nitrogens is 1. The summed E-state index contributed by atoms with van der Waals surface area (Å²) in [6.45, 7) is 0. The lowest BCUT2D eigenvalue weighted by Crippen LogP contribution is -1.98. The van der Waals surface area contributed by atoms with E-state index in [2.05, 4.69) is 10.3 Å². The molecule has 0 aliphatic heterocycles. The average molecular weight is 306 g/mol. The Labute approximate surface area is 124 Å². The van der Waals surface area contributed by atoms with E-state index >= 15 is 0 Å². The van der Waals surface area contributed by atoms with Crippen molar-refractivity contribution in [1.29, 1.82) is 5.26 Å². The molecule has 6 heteroatoms. The van der Waals surface area contributed by atoms with Crippen LogP contribution < -0.4 is 5.32 Å². The van der Waals surface area contributed by atoms with Crippen molar-refractivity contribution >= 4 is 33.9 Å². The van der Waals surface area contributed by atoms with Gasteiger partial charge in [-0.3, -0.25) is 4.21 Å². The van der Waals surface area contributed by atoms with Gasteiger partial charge in [0.2, 0.25) is 0 Å². The van der Waals surface area contributed by atoms with Gasteiger partial charge in [-0.15, -0.1) is 0 Å². The second-order valence-electron chi connectivity index (χ2n) is 4.17. The van der Waals surface area contributed by atoms with Crippen LogP contribution in [0.4, 0.5) is 11.5 Å². The van der Waals surface area contributed by atoms with Crippen LogP contribution >= 0.6 is 11.6 Å². The Morgan fingerprint density at radius 2 is 2.20 bits per heavy atom. The lowest BCUT2D eigenvalue weighted by Gasteiger charge is -2.09. The molecule has 20 heavy (non-hydrogen) atoms. The van der Waals surface area contributed by atoms with Gasteiger partial charge in [-0.25, -0.2) is 4.98 Å². The quantitative estimate of drug-likeness (QED) is 0.942. The summed E-state index contributed by atoms with van der Waals surface area (Å²) in [5.74, 6) is 0.981. The SMILES string of the molecule is CS(=O)Cc1cc(Nc2cccc(C#N)n2)ccc1Cl. The summed E-state index contributed by atoms with van der Waals surface area (Å²) in [5.41, 5.74) is 1.95. The molecule has 0 aliphatic rings. The molecule has 102 valence electrons. The zero-order chi connectivity index (χ0) is 14.5. The minimum atomic E-state index is -0.958. The van der Waals surface area contributed by atoms with Crippen molar-refractivity contribution in [3.8, 4) is 6.07 Å². The third-order valence-electron chi connectivity index (χ3n) is 2.54. The van der Waals surface area contributed by atoms with Gasteiger partial charge in [0.25, 0.3) is 0 Å². The molecule has 0 saturated heterocycles. The van der Waals surface area contributed by atoms with Crippen molar-refractivity contribution in [2.24, 2.45) is 0 Å². The minimum Gasteiger partial charge on any atom is -0.340 e. The summed E-state index contributed by atoms with van der Waals surface area (Å²) < 4.78 is 11.3. The Balaban J connectivity index is 2.25. The molecule has 1 heterocycles. The molecule has 0 amide bonds. The molecule has 1 unspecified atom stereocenters. The van der Waals surface area contributed by atoms with Crippen molar-refractivity contribution in [2.75, 3.05) is 11.6 Å². The first kappa shape index (κ1) is 14.5. The Hall–Kier alpha value is -1.90. The smallest absolute Gasteiger partial charge is 0.142 e. The molecule has 1 aromatic heterocycles. The molecule has 1 atom stereocenters. The van der Waals surface area contributed by atoms with Gasteiger partial charge in [-0.2, -0.15) is 5.26 Å². The summed E-state index contributed by atoms with van der Waals surface area (Å²) >= 11 is 6.07. The van der Waals surface area contributed by atoms with Crippen LogP contribution in [0, 0.1) is 11.3 Å². The number of nitrogens with zero attached hydrogens (tertiary/aromatic N) is 2. The van der Waals surface area contributed by atoms with E-state index in [-0.39, 0.29) is 0 Å². The Kier molecular flexibility index (Phi) is 4.72. The van der Waals surface area contributed by atoms with Crippen LogP contribution in [-0.2, 0) is 16.6 Å². The van der Waals surface area contributed by atoms with E-state index in [4.69, 9.17) is 16.9 Å². The van der Waals surface area contributed by atoms with Crippen LogP contribution in [0.25, 0.3) is 0 Å². The lowest BCUT2D eigenvalue weighted by atomic mass is 10.2. The molecule has 2 rings (SSSR count). The molecule has 0 aliphatic carbocycles. The molecular weight excluding hydrogens is 294 g/mol. The standard InChI is InChI=1S/C14H12ClN3OS/c1-20(19)9-10-7-11(5-6-13(10)15)17-14-4-2-3-12(8-16)18-14/h2-7H,9H2,1H3,(H,17,18). The van der Waals surface area contributed by atoms with Crippen LogP contribution in [0.1, 0.15) is 11.3 Å². The fourth-order valence-corrected chi connectivity index (χ4v) is 2.64. The fraction of sp³-hybridized carbons (Fsp3) is 0.143. The third kappa shape index (κ3) is 3.80. The molecule has 2 aromatic rings. The molecular formula is C14H12ClN3OS. The summed E-state index contributed by atoms with van der Waals surface area (Å²) in [5, 5.41) is 12.5. The highest BCUT2D eigenvalue weighted by Crippen LogP contribution is 2.23. The first-order valence-corrected chi connectivity index (χ1v) is 7.91. The summed E-state index contributed by atoms with van der Waals surface area (Å²) in [7, 11) is -0.958. The van der Waals surface area contributed by atoms with E-state index in [0.717, 1.165) is 11.3 Å². The summed E-state index contributed by atoms with van der Waals surface area (Å²) in [4.78, 5) is 4.13. The second-order valence-corrected chi connectivity index (χ2v) is 6.01. The molecule has 0 fully saturated rings. The van der Waals surface area contributed by atoms with Gasteiger partial charge in [-0.05, 0) is 35.9 Å². The summed E-state index contributed by atoms with van der Waals surface area (Å²) in [6.07, 6.45) is 1.63. The first-order chi connectivity index (χ1) is 9.58. The van der Waals surface area contributed by atoms with Gasteiger partial charge >= 0.3 is 0 Å². The van der Waals surface area contributed by atoms with Crippen molar-refractivity contribution < 1.29 is 4.21 Å². The predicted molar refractivity (Wildman–Crippen MR) is 81.5 cm³/mol. The number of nitriles is 1. The third-order valence-corrected chi connectivity index (χ3v) is 3.63. The highest BCUT2D eigenvalue weighted by atomic mass is 35.5. The van der Waals surface area contributed by atoms with Crippen molar-refractivity contribution in [3.63, 3.8) is 0 Å². The average Bonchev–Trinajstić information content (AvgIpc) is 2.42. The van der Waals surface area contributed by atoms with E-state index in [1.165, 1.54) is 0 Å². The molecule has 0 radical (unpaired) electrons. The van der Waals surface area contributed by atoms with E-state index in [1.807, 2.05) is 18.2 Å². The van der Waals surface area contributed by atoms with E-state index < -0.39 is 10.8 Å². The highest BCUT2D eigenvalue weighted by molar-refractivity contribution is 7.83. The number of hydrogen-bond donors (Lipinski definition) is 1. The molecule has 1 aromatic carbocycles.